The lowest BCUT2D eigenvalue weighted by molar-refractivity contribution is 0.0944. The fourth-order valence-electron chi connectivity index (χ4n) is 2.01. The smallest absolute Gasteiger partial charge is 0.259 e. The monoisotopic (exact) mass is 289 g/mol. The summed E-state index contributed by atoms with van der Waals surface area (Å²) >= 11 is 0. The van der Waals surface area contributed by atoms with Crippen LogP contribution >= 0.6 is 0 Å². The predicted octanol–water partition coefficient (Wildman–Crippen LogP) is 1.85. The first kappa shape index (κ1) is 14.9. The quantitative estimate of drug-likeness (QED) is 0.881. The fourth-order valence-corrected chi connectivity index (χ4v) is 2.01. The van der Waals surface area contributed by atoms with Crippen LogP contribution in [-0.4, -0.2) is 29.9 Å². The summed E-state index contributed by atoms with van der Waals surface area (Å²) in [5.74, 6) is 0.701. The number of aromatic nitrogens is 2. The highest BCUT2D eigenvalue weighted by Gasteiger charge is 2.18. The van der Waals surface area contributed by atoms with Crippen molar-refractivity contribution >= 4 is 5.91 Å². The van der Waals surface area contributed by atoms with Crippen LogP contribution < -0.4 is 14.8 Å². The van der Waals surface area contributed by atoms with Crippen LogP contribution in [0.2, 0.25) is 0 Å². The zero-order chi connectivity index (χ0) is 15.2. The molecule has 2 rings (SSSR count). The molecular formula is C15H19N3O3. The number of ether oxygens (including phenoxy) is 2. The van der Waals surface area contributed by atoms with Gasteiger partial charge in [0.05, 0.1) is 26.5 Å². The minimum Gasteiger partial charge on any atom is -0.496 e. The van der Waals surface area contributed by atoms with Gasteiger partial charge >= 0.3 is 0 Å². The second-order valence-electron chi connectivity index (χ2n) is 4.38. The van der Waals surface area contributed by atoms with Crippen LogP contribution in [0.15, 0.2) is 30.5 Å². The van der Waals surface area contributed by atoms with Crippen LogP contribution in [0.3, 0.4) is 0 Å². The summed E-state index contributed by atoms with van der Waals surface area (Å²) in [4.78, 5) is 12.3. The first-order valence-electron chi connectivity index (χ1n) is 6.71. The molecule has 0 unspecified atom stereocenters. The van der Waals surface area contributed by atoms with Gasteiger partial charge in [0.25, 0.3) is 5.91 Å². The van der Waals surface area contributed by atoms with E-state index in [1.54, 1.807) is 18.2 Å². The highest BCUT2D eigenvalue weighted by Crippen LogP contribution is 2.27. The van der Waals surface area contributed by atoms with E-state index in [1.807, 2.05) is 23.9 Å². The summed E-state index contributed by atoms with van der Waals surface area (Å²) in [6.07, 6.45) is 1.88. The Morgan fingerprint density at radius 3 is 2.43 bits per heavy atom. The number of hydrogen-bond acceptors (Lipinski definition) is 4. The van der Waals surface area contributed by atoms with Crippen LogP contribution in [-0.2, 0) is 13.1 Å². The average Bonchev–Trinajstić information content (AvgIpc) is 2.99. The van der Waals surface area contributed by atoms with Gasteiger partial charge in [-0.3, -0.25) is 9.48 Å². The molecule has 1 amide bonds. The van der Waals surface area contributed by atoms with E-state index in [0.29, 0.717) is 23.6 Å². The van der Waals surface area contributed by atoms with Gasteiger partial charge in [-0.05, 0) is 25.1 Å². The summed E-state index contributed by atoms with van der Waals surface area (Å²) in [5, 5.41) is 7.15. The zero-order valence-corrected chi connectivity index (χ0v) is 12.4. The molecule has 112 valence electrons. The van der Waals surface area contributed by atoms with Gasteiger partial charge < -0.3 is 14.8 Å². The molecule has 21 heavy (non-hydrogen) atoms. The molecule has 2 aromatic rings. The fraction of sp³-hybridized carbons (Fsp3) is 0.333. The Bertz CT molecular complexity index is 600. The van der Waals surface area contributed by atoms with E-state index in [0.717, 1.165) is 12.2 Å². The van der Waals surface area contributed by atoms with E-state index in [2.05, 4.69) is 10.4 Å². The van der Waals surface area contributed by atoms with Gasteiger partial charge in [-0.2, -0.15) is 5.10 Å². The molecule has 0 aliphatic carbocycles. The maximum atomic E-state index is 12.3. The van der Waals surface area contributed by atoms with E-state index in [9.17, 15) is 4.79 Å². The highest BCUT2D eigenvalue weighted by atomic mass is 16.5. The Labute approximate surface area is 123 Å². The Kier molecular flexibility index (Phi) is 4.81. The van der Waals surface area contributed by atoms with Gasteiger partial charge in [0.1, 0.15) is 17.1 Å². The highest BCUT2D eigenvalue weighted by molar-refractivity contribution is 5.99. The van der Waals surface area contributed by atoms with Crippen molar-refractivity contribution in [2.45, 2.75) is 20.0 Å². The number of methoxy groups -OCH3 is 2. The zero-order valence-electron chi connectivity index (χ0n) is 12.4. The van der Waals surface area contributed by atoms with E-state index < -0.39 is 0 Å². The van der Waals surface area contributed by atoms with E-state index in [1.165, 1.54) is 14.2 Å². The van der Waals surface area contributed by atoms with Crippen LogP contribution in [0.5, 0.6) is 11.5 Å². The lowest BCUT2D eigenvalue weighted by atomic mass is 10.1. The molecule has 6 nitrogen and oxygen atoms in total. The predicted molar refractivity (Wildman–Crippen MR) is 78.6 cm³/mol. The van der Waals surface area contributed by atoms with Gasteiger partial charge in [-0.1, -0.05) is 6.07 Å². The molecule has 1 N–H and O–H groups in total. The maximum absolute atomic E-state index is 12.3. The van der Waals surface area contributed by atoms with Crippen molar-refractivity contribution < 1.29 is 14.3 Å². The van der Waals surface area contributed by atoms with Crippen LogP contribution in [0, 0.1) is 0 Å². The van der Waals surface area contributed by atoms with E-state index in [4.69, 9.17) is 9.47 Å². The summed E-state index contributed by atoms with van der Waals surface area (Å²) in [6.45, 7) is 3.16. The number of benzene rings is 1. The summed E-state index contributed by atoms with van der Waals surface area (Å²) < 4.78 is 12.3. The largest absolute Gasteiger partial charge is 0.496 e. The molecule has 0 atom stereocenters. The van der Waals surface area contributed by atoms with Crippen LogP contribution in [0.4, 0.5) is 0 Å². The minimum atomic E-state index is -0.254. The van der Waals surface area contributed by atoms with Crippen molar-refractivity contribution in [3.8, 4) is 11.5 Å². The summed E-state index contributed by atoms with van der Waals surface area (Å²) in [5.41, 5.74) is 1.19. The summed E-state index contributed by atoms with van der Waals surface area (Å²) in [7, 11) is 3.04. The average molecular weight is 289 g/mol. The molecule has 0 saturated carbocycles. The molecule has 1 aromatic heterocycles. The Balaban J connectivity index is 2.13. The van der Waals surface area contributed by atoms with Crippen molar-refractivity contribution in [3.63, 3.8) is 0 Å². The van der Waals surface area contributed by atoms with Gasteiger partial charge in [-0.25, -0.2) is 0 Å². The van der Waals surface area contributed by atoms with Gasteiger partial charge in [0, 0.05) is 12.7 Å². The number of aryl methyl sites for hydroxylation is 1. The van der Waals surface area contributed by atoms with E-state index >= 15 is 0 Å². The number of nitrogens with zero attached hydrogens (tertiary/aromatic N) is 2. The number of carbonyl (C=O) groups is 1. The third kappa shape index (κ3) is 3.34. The van der Waals surface area contributed by atoms with Gasteiger partial charge in [0.15, 0.2) is 0 Å². The summed E-state index contributed by atoms with van der Waals surface area (Å²) in [6, 6.07) is 7.10. The molecule has 0 spiro atoms. The molecule has 0 aliphatic rings. The van der Waals surface area contributed by atoms with Gasteiger partial charge in [-0.15, -0.1) is 0 Å². The molecule has 0 aliphatic heterocycles. The third-order valence-corrected chi connectivity index (χ3v) is 3.10. The van der Waals surface area contributed by atoms with E-state index in [-0.39, 0.29) is 5.91 Å². The Morgan fingerprint density at radius 2 is 1.90 bits per heavy atom. The van der Waals surface area contributed by atoms with Gasteiger partial charge in [0.2, 0.25) is 0 Å². The topological polar surface area (TPSA) is 65.4 Å². The number of carbonyl (C=O) groups excluding carboxylic acids is 1. The second kappa shape index (κ2) is 6.78. The Morgan fingerprint density at radius 1 is 1.24 bits per heavy atom. The molecule has 6 heteroatoms. The van der Waals surface area contributed by atoms with Crippen molar-refractivity contribution in [2.24, 2.45) is 0 Å². The van der Waals surface area contributed by atoms with Crippen molar-refractivity contribution in [1.29, 1.82) is 0 Å². The third-order valence-electron chi connectivity index (χ3n) is 3.10. The number of nitrogens with one attached hydrogen (secondary N) is 1. The lowest BCUT2D eigenvalue weighted by Gasteiger charge is -2.12. The molecule has 0 fully saturated rings. The first-order valence-corrected chi connectivity index (χ1v) is 6.71. The maximum Gasteiger partial charge on any atom is 0.259 e. The van der Waals surface area contributed by atoms with Crippen LogP contribution in [0.25, 0.3) is 0 Å². The lowest BCUT2D eigenvalue weighted by Crippen LogP contribution is -2.24. The molecule has 0 bridgehead atoms. The number of rotatable bonds is 6. The molecule has 0 saturated heterocycles. The second-order valence-corrected chi connectivity index (χ2v) is 4.38. The van der Waals surface area contributed by atoms with Crippen molar-refractivity contribution in [1.82, 2.24) is 15.1 Å². The normalized spacial score (nSPS) is 10.2. The molecule has 1 aromatic carbocycles. The Hall–Kier alpha value is -2.50. The van der Waals surface area contributed by atoms with Crippen molar-refractivity contribution in [3.05, 3.63) is 41.7 Å². The van der Waals surface area contributed by atoms with Crippen LogP contribution in [0.1, 0.15) is 23.0 Å². The number of hydrogen-bond donors (Lipinski definition) is 1. The molecule has 0 radical (unpaired) electrons. The van der Waals surface area contributed by atoms with Crippen molar-refractivity contribution in [2.75, 3.05) is 14.2 Å². The number of amides is 1. The minimum absolute atomic E-state index is 0.254. The molecule has 1 heterocycles. The molecular weight excluding hydrogens is 270 g/mol. The standard InChI is InChI=1S/C15H19N3O3/c1-4-18-9-8-11(17-18)10-16-15(19)14-12(20-2)6-5-7-13(14)21-3/h5-9H,4,10H2,1-3H3,(H,16,19). The SMILES string of the molecule is CCn1ccc(CNC(=O)c2c(OC)cccc2OC)n1. The first-order chi connectivity index (χ1) is 10.2.